The monoisotopic (exact) mass is 321 g/mol. The summed E-state index contributed by atoms with van der Waals surface area (Å²) in [5.74, 6) is 1.58. The molecule has 2 aliphatic heterocycles. The molecule has 5 heteroatoms. The number of halogens is 1. The van der Waals surface area contributed by atoms with Gasteiger partial charge >= 0.3 is 0 Å². The number of benzene rings is 1. The number of nitrogens with zero attached hydrogens (tertiary/aromatic N) is 2. The minimum atomic E-state index is 0. The van der Waals surface area contributed by atoms with Gasteiger partial charge in [-0.15, -0.1) is 12.4 Å². The summed E-state index contributed by atoms with van der Waals surface area (Å²) in [5, 5.41) is 0. The smallest absolute Gasteiger partial charge is 0.241 e. The minimum absolute atomic E-state index is 0. The summed E-state index contributed by atoms with van der Waals surface area (Å²) in [6.45, 7) is 3.44. The van der Waals surface area contributed by atoms with Gasteiger partial charge in [0, 0.05) is 31.4 Å². The minimum Gasteiger partial charge on any atom is -0.327 e. The number of fused-ring (bicyclic) bond motifs is 2. The highest BCUT2D eigenvalue weighted by molar-refractivity contribution is 5.96. The summed E-state index contributed by atoms with van der Waals surface area (Å²) in [6.07, 6.45) is 3.39. The second-order valence-electron chi connectivity index (χ2n) is 6.78. The van der Waals surface area contributed by atoms with Crippen molar-refractivity contribution in [1.29, 1.82) is 0 Å². The van der Waals surface area contributed by atoms with Crippen LogP contribution in [0.15, 0.2) is 24.3 Å². The predicted molar refractivity (Wildman–Crippen MR) is 90.4 cm³/mol. The number of anilines is 1. The Hall–Kier alpha value is -1.10. The van der Waals surface area contributed by atoms with Gasteiger partial charge in [-0.3, -0.25) is 9.69 Å². The second kappa shape index (κ2) is 6.19. The van der Waals surface area contributed by atoms with Gasteiger partial charge in [0.15, 0.2) is 0 Å². The molecule has 1 aliphatic carbocycles. The van der Waals surface area contributed by atoms with Crippen molar-refractivity contribution in [1.82, 2.24) is 4.90 Å². The molecule has 0 radical (unpaired) electrons. The summed E-state index contributed by atoms with van der Waals surface area (Å²) in [4.78, 5) is 16.9. The van der Waals surface area contributed by atoms with Crippen molar-refractivity contribution in [3.63, 3.8) is 0 Å². The van der Waals surface area contributed by atoms with Crippen LogP contribution in [0.3, 0.4) is 0 Å². The zero-order valence-corrected chi connectivity index (χ0v) is 13.6. The first kappa shape index (κ1) is 15.8. The Labute approximate surface area is 138 Å². The van der Waals surface area contributed by atoms with Crippen LogP contribution in [0, 0.1) is 11.8 Å². The molecule has 22 heavy (non-hydrogen) atoms. The van der Waals surface area contributed by atoms with Gasteiger partial charge in [0.05, 0.1) is 6.54 Å². The highest BCUT2D eigenvalue weighted by Crippen LogP contribution is 2.37. The first-order valence-electron chi connectivity index (χ1n) is 8.08. The molecule has 4 nitrogen and oxygen atoms in total. The molecule has 2 heterocycles. The lowest BCUT2D eigenvalue weighted by Gasteiger charge is -2.22. The normalized spacial score (nSPS) is 30.0. The fourth-order valence-electron chi connectivity index (χ4n) is 4.40. The van der Waals surface area contributed by atoms with Crippen molar-refractivity contribution >= 4 is 24.0 Å². The topological polar surface area (TPSA) is 49.6 Å². The SMILES string of the molecule is Cl.NC1CCC2CN(CC(=O)N3CCc4ccccc43)CC12. The van der Waals surface area contributed by atoms with E-state index in [9.17, 15) is 4.79 Å². The standard InChI is InChI=1S/C17H23N3O.ClH/c18-15-6-5-13-9-19(10-14(13)15)11-17(21)20-8-7-12-3-1-2-4-16(12)20;/h1-4,13-15H,5-11,18H2;1H. The molecule has 1 saturated carbocycles. The van der Waals surface area contributed by atoms with E-state index >= 15 is 0 Å². The van der Waals surface area contributed by atoms with E-state index in [1.54, 1.807) is 0 Å². The predicted octanol–water partition coefficient (Wildman–Crippen LogP) is 1.67. The van der Waals surface area contributed by atoms with Crippen molar-refractivity contribution in [3.05, 3.63) is 29.8 Å². The van der Waals surface area contributed by atoms with E-state index in [1.807, 2.05) is 11.0 Å². The van der Waals surface area contributed by atoms with E-state index in [4.69, 9.17) is 5.73 Å². The van der Waals surface area contributed by atoms with Crippen LogP contribution < -0.4 is 10.6 Å². The maximum Gasteiger partial charge on any atom is 0.241 e. The third-order valence-electron chi connectivity index (χ3n) is 5.54. The van der Waals surface area contributed by atoms with Crippen molar-refractivity contribution in [2.75, 3.05) is 31.1 Å². The number of rotatable bonds is 2. The van der Waals surface area contributed by atoms with E-state index in [0.717, 1.165) is 44.1 Å². The van der Waals surface area contributed by atoms with E-state index < -0.39 is 0 Å². The van der Waals surface area contributed by atoms with Gasteiger partial charge in [-0.2, -0.15) is 0 Å². The van der Waals surface area contributed by atoms with Gasteiger partial charge in [0.2, 0.25) is 5.91 Å². The molecule has 3 unspecified atom stereocenters. The Kier molecular flexibility index (Phi) is 4.44. The average molecular weight is 322 g/mol. The zero-order valence-electron chi connectivity index (χ0n) is 12.8. The number of carbonyl (C=O) groups is 1. The molecule has 1 amide bonds. The van der Waals surface area contributed by atoms with Crippen LogP contribution in [-0.2, 0) is 11.2 Å². The summed E-state index contributed by atoms with van der Waals surface area (Å²) < 4.78 is 0. The average Bonchev–Trinajstić information content (AvgIpc) is 3.15. The van der Waals surface area contributed by atoms with Crippen LogP contribution in [0.1, 0.15) is 18.4 Å². The van der Waals surface area contributed by atoms with E-state index in [1.165, 1.54) is 12.0 Å². The van der Waals surface area contributed by atoms with Crippen LogP contribution in [0.25, 0.3) is 0 Å². The molecule has 1 saturated heterocycles. The van der Waals surface area contributed by atoms with Crippen LogP contribution in [0.5, 0.6) is 0 Å². The van der Waals surface area contributed by atoms with Gasteiger partial charge < -0.3 is 10.6 Å². The lowest BCUT2D eigenvalue weighted by Crippen LogP contribution is -2.40. The molecule has 2 N–H and O–H groups in total. The number of amides is 1. The zero-order chi connectivity index (χ0) is 14.4. The number of para-hydroxylation sites is 1. The fraction of sp³-hybridized carbons (Fsp3) is 0.588. The summed E-state index contributed by atoms with van der Waals surface area (Å²) in [7, 11) is 0. The molecule has 0 bridgehead atoms. The molecule has 2 fully saturated rings. The molecule has 0 aromatic heterocycles. The molecule has 3 aliphatic rings. The van der Waals surface area contributed by atoms with Crippen molar-refractivity contribution in [3.8, 4) is 0 Å². The van der Waals surface area contributed by atoms with Crippen molar-refractivity contribution in [2.24, 2.45) is 17.6 Å². The molecule has 4 rings (SSSR count). The largest absolute Gasteiger partial charge is 0.327 e. The number of hydrogen-bond donors (Lipinski definition) is 1. The lowest BCUT2D eigenvalue weighted by molar-refractivity contribution is -0.119. The van der Waals surface area contributed by atoms with Gasteiger partial charge in [-0.05, 0) is 42.7 Å². The molecular formula is C17H24ClN3O. The Morgan fingerprint density at radius 2 is 2.05 bits per heavy atom. The Morgan fingerprint density at radius 3 is 2.86 bits per heavy atom. The van der Waals surface area contributed by atoms with E-state index in [-0.39, 0.29) is 18.3 Å². The van der Waals surface area contributed by atoms with Crippen molar-refractivity contribution in [2.45, 2.75) is 25.3 Å². The van der Waals surface area contributed by atoms with Crippen LogP contribution >= 0.6 is 12.4 Å². The quantitative estimate of drug-likeness (QED) is 0.901. The number of hydrogen-bond acceptors (Lipinski definition) is 3. The third kappa shape index (κ3) is 2.64. The fourth-order valence-corrected chi connectivity index (χ4v) is 4.40. The van der Waals surface area contributed by atoms with Crippen molar-refractivity contribution < 1.29 is 4.79 Å². The number of likely N-dealkylation sites (tertiary alicyclic amines) is 1. The first-order chi connectivity index (χ1) is 10.2. The van der Waals surface area contributed by atoms with Crippen LogP contribution in [0.4, 0.5) is 5.69 Å². The molecule has 120 valence electrons. The molecule has 3 atom stereocenters. The van der Waals surface area contributed by atoms with Gasteiger partial charge in [0.25, 0.3) is 0 Å². The van der Waals surface area contributed by atoms with Gasteiger partial charge in [-0.25, -0.2) is 0 Å². The molecule has 0 spiro atoms. The van der Waals surface area contributed by atoms with Gasteiger partial charge in [-0.1, -0.05) is 18.2 Å². The van der Waals surface area contributed by atoms with Gasteiger partial charge in [0.1, 0.15) is 0 Å². The maximum atomic E-state index is 12.6. The number of nitrogens with two attached hydrogens (primary N) is 1. The molecular weight excluding hydrogens is 298 g/mol. The Bertz CT molecular complexity index is 565. The van der Waals surface area contributed by atoms with E-state index in [2.05, 4.69) is 23.1 Å². The van der Waals surface area contributed by atoms with E-state index in [0.29, 0.717) is 18.5 Å². The van der Waals surface area contributed by atoms with Crippen LogP contribution in [-0.4, -0.2) is 43.0 Å². The number of carbonyl (C=O) groups excluding carboxylic acids is 1. The molecule has 1 aromatic carbocycles. The maximum absolute atomic E-state index is 12.6. The third-order valence-corrected chi connectivity index (χ3v) is 5.54. The summed E-state index contributed by atoms with van der Waals surface area (Å²) >= 11 is 0. The first-order valence-corrected chi connectivity index (χ1v) is 8.08. The lowest BCUT2D eigenvalue weighted by atomic mass is 9.98. The highest BCUT2D eigenvalue weighted by atomic mass is 35.5. The summed E-state index contributed by atoms with van der Waals surface area (Å²) in [5.41, 5.74) is 8.58. The second-order valence-corrected chi connectivity index (χ2v) is 6.78. The highest BCUT2D eigenvalue weighted by Gasteiger charge is 2.41. The van der Waals surface area contributed by atoms with Crippen LogP contribution in [0.2, 0.25) is 0 Å². The summed E-state index contributed by atoms with van der Waals surface area (Å²) in [6, 6.07) is 8.61. The Balaban J connectivity index is 0.00000144. The Morgan fingerprint density at radius 1 is 1.23 bits per heavy atom. The molecule has 1 aromatic rings.